The molecule has 0 aliphatic heterocycles. The fourth-order valence-corrected chi connectivity index (χ4v) is 4.57. The quantitative estimate of drug-likeness (QED) is 0.270. The van der Waals surface area contributed by atoms with Gasteiger partial charge in [-0.2, -0.15) is 0 Å². The van der Waals surface area contributed by atoms with Crippen LogP contribution in [-0.2, 0) is 24.5 Å². The van der Waals surface area contributed by atoms with E-state index in [9.17, 15) is 24.3 Å². The number of nitrogens with zero attached hydrogens (tertiary/aromatic N) is 1. The lowest BCUT2D eigenvalue weighted by Gasteiger charge is -2.40. The SMILES string of the molecule is CCOC(=O)C(C)=C[C@H](C(C)C)N(C)C(=O)[C@@H](NC(=O)C(NC)C(C)(C)c1ccc(C(=O)O)cc1)C(C)(C)C. The molecule has 1 unspecified atom stereocenters. The van der Waals surface area contributed by atoms with E-state index in [-0.39, 0.29) is 29.9 Å². The summed E-state index contributed by atoms with van der Waals surface area (Å²) in [5, 5.41) is 15.3. The average molecular weight is 546 g/mol. The molecule has 0 saturated heterocycles. The number of benzene rings is 1. The maximum absolute atomic E-state index is 13.9. The highest BCUT2D eigenvalue weighted by molar-refractivity contribution is 5.92. The highest BCUT2D eigenvalue weighted by Crippen LogP contribution is 2.29. The molecule has 0 saturated carbocycles. The number of hydrogen-bond donors (Lipinski definition) is 3. The van der Waals surface area contributed by atoms with Gasteiger partial charge in [0.1, 0.15) is 6.04 Å². The predicted octanol–water partition coefficient (Wildman–Crippen LogP) is 3.77. The Morgan fingerprint density at radius 2 is 1.56 bits per heavy atom. The van der Waals surface area contributed by atoms with Crippen molar-refractivity contribution >= 4 is 23.8 Å². The maximum Gasteiger partial charge on any atom is 0.335 e. The lowest BCUT2D eigenvalue weighted by atomic mass is 9.76. The Hall–Kier alpha value is -3.20. The van der Waals surface area contributed by atoms with Gasteiger partial charge in [0.25, 0.3) is 0 Å². The molecule has 0 aromatic heterocycles. The Kier molecular flexibility index (Phi) is 11.9. The van der Waals surface area contributed by atoms with E-state index in [1.54, 1.807) is 51.1 Å². The van der Waals surface area contributed by atoms with E-state index in [1.807, 2.05) is 48.5 Å². The molecular formula is C30H47N3O6. The summed E-state index contributed by atoms with van der Waals surface area (Å²) in [5.41, 5.74) is 0.00402. The number of esters is 1. The zero-order chi connectivity index (χ0) is 30.3. The van der Waals surface area contributed by atoms with Crippen LogP contribution in [0.1, 0.15) is 78.2 Å². The van der Waals surface area contributed by atoms with E-state index in [2.05, 4.69) is 10.6 Å². The van der Waals surface area contributed by atoms with E-state index in [0.717, 1.165) is 5.56 Å². The van der Waals surface area contributed by atoms with Crippen molar-refractivity contribution in [3.05, 3.63) is 47.0 Å². The number of hydrogen-bond acceptors (Lipinski definition) is 6. The first-order valence-corrected chi connectivity index (χ1v) is 13.3. The van der Waals surface area contributed by atoms with Gasteiger partial charge in [-0.3, -0.25) is 9.59 Å². The van der Waals surface area contributed by atoms with E-state index >= 15 is 0 Å². The number of carboxylic acids is 1. The molecule has 3 N–H and O–H groups in total. The van der Waals surface area contributed by atoms with Gasteiger partial charge in [0, 0.05) is 18.0 Å². The van der Waals surface area contributed by atoms with Crippen LogP contribution in [0, 0.1) is 11.3 Å². The molecule has 218 valence electrons. The molecule has 9 heteroatoms. The van der Waals surface area contributed by atoms with Gasteiger partial charge >= 0.3 is 11.9 Å². The van der Waals surface area contributed by atoms with Crippen molar-refractivity contribution in [2.45, 2.75) is 85.9 Å². The summed E-state index contributed by atoms with van der Waals surface area (Å²) < 4.78 is 5.10. The first-order valence-electron chi connectivity index (χ1n) is 13.3. The van der Waals surface area contributed by atoms with Crippen LogP contribution in [0.2, 0.25) is 0 Å². The first-order chi connectivity index (χ1) is 17.9. The van der Waals surface area contributed by atoms with Gasteiger partial charge in [-0.15, -0.1) is 0 Å². The molecule has 2 amide bonds. The summed E-state index contributed by atoms with van der Waals surface area (Å²) in [5.74, 6) is -2.09. The molecule has 1 rings (SSSR count). The highest BCUT2D eigenvalue weighted by atomic mass is 16.5. The molecule has 3 atom stereocenters. The molecule has 0 heterocycles. The Morgan fingerprint density at radius 1 is 1.03 bits per heavy atom. The zero-order valence-corrected chi connectivity index (χ0v) is 25.3. The number of likely N-dealkylation sites (N-methyl/N-ethyl adjacent to an activating group) is 2. The van der Waals surface area contributed by atoms with Crippen LogP contribution in [0.4, 0.5) is 0 Å². The van der Waals surface area contributed by atoms with Crippen molar-refractivity contribution in [3.63, 3.8) is 0 Å². The average Bonchev–Trinajstić information content (AvgIpc) is 2.84. The summed E-state index contributed by atoms with van der Waals surface area (Å²) in [6, 6.07) is 4.46. The summed E-state index contributed by atoms with van der Waals surface area (Å²) in [7, 11) is 3.35. The van der Waals surface area contributed by atoms with E-state index < -0.39 is 40.9 Å². The molecule has 9 nitrogen and oxygen atoms in total. The van der Waals surface area contributed by atoms with Crippen LogP contribution in [0.25, 0.3) is 0 Å². The zero-order valence-electron chi connectivity index (χ0n) is 25.3. The molecule has 39 heavy (non-hydrogen) atoms. The third-order valence-corrected chi connectivity index (χ3v) is 7.04. The fourth-order valence-electron chi connectivity index (χ4n) is 4.57. The van der Waals surface area contributed by atoms with Crippen molar-refractivity contribution in [2.75, 3.05) is 20.7 Å². The molecule has 0 spiro atoms. The van der Waals surface area contributed by atoms with Crippen LogP contribution in [0.15, 0.2) is 35.9 Å². The van der Waals surface area contributed by atoms with Crippen molar-refractivity contribution in [2.24, 2.45) is 11.3 Å². The van der Waals surface area contributed by atoms with Gasteiger partial charge in [0.15, 0.2) is 0 Å². The van der Waals surface area contributed by atoms with Crippen molar-refractivity contribution in [1.82, 2.24) is 15.5 Å². The van der Waals surface area contributed by atoms with E-state index in [0.29, 0.717) is 5.57 Å². The normalized spacial score (nSPS) is 14.8. The van der Waals surface area contributed by atoms with E-state index in [1.165, 1.54) is 12.1 Å². The number of amides is 2. The van der Waals surface area contributed by atoms with Crippen LogP contribution in [0.5, 0.6) is 0 Å². The third kappa shape index (κ3) is 8.65. The second-order valence-corrected chi connectivity index (χ2v) is 11.9. The number of aromatic carboxylic acids is 1. The summed E-state index contributed by atoms with van der Waals surface area (Å²) in [4.78, 5) is 52.6. The summed E-state index contributed by atoms with van der Waals surface area (Å²) >= 11 is 0. The molecule has 0 aliphatic rings. The lowest BCUT2D eigenvalue weighted by molar-refractivity contribution is -0.141. The Bertz CT molecular complexity index is 1050. The first kappa shape index (κ1) is 33.8. The number of carboxylic acid groups (broad SMARTS) is 1. The fraction of sp³-hybridized carbons (Fsp3) is 0.600. The maximum atomic E-state index is 13.9. The molecular weight excluding hydrogens is 498 g/mol. The Morgan fingerprint density at radius 3 is 1.97 bits per heavy atom. The van der Waals surface area contributed by atoms with E-state index in [4.69, 9.17) is 4.74 Å². The van der Waals surface area contributed by atoms with Crippen molar-refractivity contribution < 1.29 is 29.0 Å². The van der Waals surface area contributed by atoms with Crippen LogP contribution in [0.3, 0.4) is 0 Å². The van der Waals surface area contributed by atoms with Gasteiger partial charge in [0.05, 0.1) is 24.3 Å². The number of carbonyl (C=O) groups excluding carboxylic acids is 3. The number of nitrogens with one attached hydrogen (secondary N) is 2. The monoisotopic (exact) mass is 545 g/mol. The molecule has 1 aromatic carbocycles. The molecule has 0 radical (unpaired) electrons. The molecule has 1 aromatic rings. The lowest BCUT2D eigenvalue weighted by Crippen LogP contribution is -2.61. The number of ether oxygens (including phenoxy) is 1. The molecule has 0 aliphatic carbocycles. The summed E-state index contributed by atoms with van der Waals surface area (Å²) in [6.45, 7) is 17.0. The minimum atomic E-state index is -1.02. The highest BCUT2D eigenvalue weighted by Gasteiger charge is 2.41. The van der Waals surface area contributed by atoms with Gasteiger partial charge in [-0.25, -0.2) is 9.59 Å². The number of rotatable bonds is 12. The van der Waals surface area contributed by atoms with Gasteiger partial charge < -0.3 is 25.4 Å². The van der Waals surface area contributed by atoms with Gasteiger partial charge in [-0.05, 0) is 49.9 Å². The summed E-state index contributed by atoms with van der Waals surface area (Å²) in [6.07, 6.45) is 1.74. The van der Waals surface area contributed by atoms with Crippen LogP contribution in [-0.4, -0.2) is 72.6 Å². The van der Waals surface area contributed by atoms with Crippen LogP contribution >= 0.6 is 0 Å². The standard InChI is InChI=1S/C30H47N3O6/c1-12-39-28(38)19(4)17-22(18(2)3)33(11)26(35)24(29(5,6)7)32-25(34)23(31-10)30(8,9)21-15-13-20(14-16-21)27(36)37/h13-18,22-24,31H,12H2,1-11H3,(H,32,34)(H,36,37)/t22-,23?,24-/m1/s1. The van der Waals surface area contributed by atoms with Crippen LogP contribution < -0.4 is 10.6 Å². The molecule has 0 fully saturated rings. The van der Waals surface area contributed by atoms with Crippen molar-refractivity contribution in [3.8, 4) is 0 Å². The van der Waals surface area contributed by atoms with Gasteiger partial charge in [0.2, 0.25) is 11.8 Å². The third-order valence-electron chi connectivity index (χ3n) is 7.04. The minimum Gasteiger partial charge on any atom is -0.478 e. The van der Waals surface area contributed by atoms with Crippen molar-refractivity contribution in [1.29, 1.82) is 0 Å². The molecule has 0 bridgehead atoms. The largest absolute Gasteiger partial charge is 0.478 e. The smallest absolute Gasteiger partial charge is 0.335 e. The Balaban J connectivity index is 3.32. The van der Waals surface area contributed by atoms with Gasteiger partial charge in [-0.1, -0.05) is 66.7 Å². The second kappa shape index (κ2) is 13.7. The minimum absolute atomic E-state index is 0.00240. The Labute approximate surface area is 233 Å². The number of carbonyl (C=O) groups is 4. The topological polar surface area (TPSA) is 125 Å². The predicted molar refractivity (Wildman–Crippen MR) is 152 cm³/mol. The second-order valence-electron chi connectivity index (χ2n) is 11.9.